The first-order valence-electron chi connectivity index (χ1n) is 5.80. The van der Waals surface area contributed by atoms with Crippen LogP contribution in [0, 0.1) is 19.7 Å². The smallest absolute Gasteiger partial charge is 0.123 e. The van der Waals surface area contributed by atoms with E-state index in [2.05, 4.69) is 0 Å². The largest absolute Gasteiger partial charge is 0.489 e. The van der Waals surface area contributed by atoms with E-state index in [1.165, 1.54) is 12.1 Å². The van der Waals surface area contributed by atoms with E-state index in [4.69, 9.17) is 10.5 Å². The Balaban J connectivity index is 2.09. The van der Waals surface area contributed by atoms with Gasteiger partial charge in [0, 0.05) is 5.69 Å². The predicted molar refractivity (Wildman–Crippen MR) is 71.1 cm³/mol. The highest BCUT2D eigenvalue weighted by atomic mass is 19.1. The highest BCUT2D eigenvalue weighted by molar-refractivity contribution is 5.49. The first-order valence-corrected chi connectivity index (χ1v) is 5.80. The Labute approximate surface area is 106 Å². The first kappa shape index (κ1) is 12.4. The molecule has 0 unspecified atom stereocenters. The van der Waals surface area contributed by atoms with Crippen molar-refractivity contribution in [2.24, 2.45) is 0 Å². The van der Waals surface area contributed by atoms with E-state index < -0.39 is 0 Å². The Hall–Kier alpha value is -2.03. The number of rotatable bonds is 3. The standard InChI is InChI=1S/C15H16FNO/c1-10-7-13(16)4-3-12(10)9-18-14-5-6-15(17)11(2)8-14/h3-8H,9,17H2,1-2H3. The SMILES string of the molecule is Cc1cc(OCc2ccc(F)cc2C)ccc1N. The molecular weight excluding hydrogens is 229 g/mol. The number of nitrogens with two attached hydrogens (primary N) is 1. The van der Waals surface area contributed by atoms with Crippen LogP contribution in [0.2, 0.25) is 0 Å². The van der Waals surface area contributed by atoms with Crippen molar-refractivity contribution in [3.05, 3.63) is 58.9 Å². The summed E-state index contributed by atoms with van der Waals surface area (Å²) in [5.74, 6) is 0.546. The summed E-state index contributed by atoms with van der Waals surface area (Å²) < 4.78 is 18.6. The average molecular weight is 245 g/mol. The molecule has 94 valence electrons. The number of aryl methyl sites for hydroxylation is 2. The maximum atomic E-state index is 13.0. The van der Waals surface area contributed by atoms with Crippen molar-refractivity contribution in [1.29, 1.82) is 0 Å². The number of anilines is 1. The lowest BCUT2D eigenvalue weighted by molar-refractivity contribution is 0.305. The van der Waals surface area contributed by atoms with Crippen LogP contribution in [0.3, 0.4) is 0 Å². The minimum atomic E-state index is -0.223. The van der Waals surface area contributed by atoms with Gasteiger partial charge >= 0.3 is 0 Å². The van der Waals surface area contributed by atoms with Gasteiger partial charge in [-0.1, -0.05) is 6.07 Å². The third-order valence-corrected chi connectivity index (χ3v) is 2.94. The van der Waals surface area contributed by atoms with Crippen LogP contribution >= 0.6 is 0 Å². The van der Waals surface area contributed by atoms with E-state index >= 15 is 0 Å². The summed E-state index contributed by atoms with van der Waals surface area (Å²) in [5.41, 5.74) is 9.35. The summed E-state index contributed by atoms with van der Waals surface area (Å²) in [6, 6.07) is 10.2. The summed E-state index contributed by atoms with van der Waals surface area (Å²) in [6.45, 7) is 4.23. The van der Waals surface area contributed by atoms with Crippen LogP contribution in [-0.2, 0) is 6.61 Å². The molecule has 0 heterocycles. The van der Waals surface area contributed by atoms with Gasteiger partial charge in [-0.05, 0) is 60.9 Å². The second-order valence-corrected chi connectivity index (χ2v) is 4.38. The fourth-order valence-corrected chi connectivity index (χ4v) is 1.72. The van der Waals surface area contributed by atoms with Crippen molar-refractivity contribution >= 4 is 5.69 Å². The highest BCUT2D eigenvalue weighted by Crippen LogP contribution is 2.20. The van der Waals surface area contributed by atoms with Crippen LogP contribution in [-0.4, -0.2) is 0 Å². The molecule has 0 radical (unpaired) electrons. The number of hydrogen-bond donors (Lipinski definition) is 1. The quantitative estimate of drug-likeness (QED) is 0.838. The maximum absolute atomic E-state index is 13.0. The van der Waals surface area contributed by atoms with Crippen LogP contribution in [0.1, 0.15) is 16.7 Å². The van der Waals surface area contributed by atoms with Crippen molar-refractivity contribution < 1.29 is 9.13 Å². The van der Waals surface area contributed by atoms with E-state index in [9.17, 15) is 4.39 Å². The van der Waals surface area contributed by atoms with Crippen LogP contribution in [0.25, 0.3) is 0 Å². The molecule has 2 aromatic rings. The first-order chi connectivity index (χ1) is 8.56. The van der Waals surface area contributed by atoms with Gasteiger partial charge in [-0.25, -0.2) is 4.39 Å². The lowest BCUT2D eigenvalue weighted by Gasteiger charge is -2.10. The van der Waals surface area contributed by atoms with Gasteiger partial charge in [-0.2, -0.15) is 0 Å². The van der Waals surface area contributed by atoms with E-state index in [-0.39, 0.29) is 5.82 Å². The number of benzene rings is 2. The van der Waals surface area contributed by atoms with Gasteiger partial charge in [0.05, 0.1) is 0 Å². The third-order valence-electron chi connectivity index (χ3n) is 2.94. The molecule has 0 amide bonds. The van der Waals surface area contributed by atoms with Crippen LogP contribution in [0.15, 0.2) is 36.4 Å². The molecule has 0 saturated carbocycles. The zero-order valence-corrected chi connectivity index (χ0v) is 10.5. The van der Waals surface area contributed by atoms with Crippen LogP contribution < -0.4 is 10.5 Å². The lowest BCUT2D eigenvalue weighted by atomic mass is 10.1. The minimum Gasteiger partial charge on any atom is -0.489 e. The molecule has 0 fully saturated rings. The van der Waals surface area contributed by atoms with Gasteiger partial charge < -0.3 is 10.5 Å². The zero-order chi connectivity index (χ0) is 13.1. The Morgan fingerprint density at radius 1 is 1.06 bits per heavy atom. The van der Waals surface area contributed by atoms with Gasteiger partial charge in [0.15, 0.2) is 0 Å². The molecule has 0 saturated heterocycles. The molecule has 0 aliphatic rings. The van der Waals surface area contributed by atoms with Gasteiger partial charge in [0.1, 0.15) is 18.2 Å². The fourth-order valence-electron chi connectivity index (χ4n) is 1.72. The summed E-state index contributed by atoms with van der Waals surface area (Å²) in [6.07, 6.45) is 0. The summed E-state index contributed by atoms with van der Waals surface area (Å²) in [5, 5.41) is 0. The predicted octanol–water partition coefficient (Wildman–Crippen LogP) is 3.60. The molecule has 0 spiro atoms. The average Bonchev–Trinajstić information content (AvgIpc) is 2.32. The van der Waals surface area contributed by atoms with Crippen molar-refractivity contribution in [3.8, 4) is 5.75 Å². The second-order valence-electron chi connectivity index (χ2n) is 4.38. The Morgan fingerprint density at radius 3 is 2.50 bits per heavy atom. The zero-order valence-electron chi connectivity index (χ0n) is 10.5. The maximum Gasteiger partial charge on any atom is 0.123 e. The molecular formula is C15H16FNO. The molecule has 2 N–H and O–H groups in total. The van der Waals surface area contributed by atoms with E-state index in [1.807, 2.05) is 32.0 Å². The Bertz CT molecular complexity index is 566. The molecule has 2 nitrogen and oxygen atoms in total. The lowest BCUT2D eigenvalue weighted by Crippen LogP contribution is -1.99. The molecule has 0 aromatic heterocycles. The van der Waals surface area contributed by atoms with Crippen molar-refractivity contribution in [2.75, 3.05) is 5.73 Å². The van der Waals surface area contributed by atoms with Crippen molar-refractivity contribution in [2.45, 2.75) is 20.5 Å². The number of ether oxygens (including phenoxy) is 1. The number of halogens is 1. The summed E-state index contributed by atoms with van der Waals surface area (Å²) in [7, 11) is 0. The highest BCUT2D eigenvalue weighted by Gasteiger charge is 2.02. The number of nitrogen functional groups attached to an aromatic ring is 1. The second kappa shape index (κ2) is 5.08. The van der Waals surface area contributed by atoms with Gasteiger partial charge in [-0.15, -0.1) is 0 Å². The van der Waals surface area contributed by atoms with Crippen molar-refractivity contribution in [1.82, 2.24) is 0 Å². The molecule has 0 bridgehead atoms. The fraction of sp³-hybridized carbons (Fsp3) is 0.200. The third kappa shape index (κ3) is 2.80. The minimum absolute atomic E-state index is 0.223. The van der Waals surface area contributed by atoms with Crippen LogP contribution in [0.5, 0.6) is 5.75 Å². The summed E-state index contributed by atoms with van der Waals surface area (Å²) in [4.78, 5) is 0. The van der Waals surface area contributed by atoms with E-state index in [1.54, 1.807) is 6.07 Å². The Kier molecular flexibility index (Phi) is 3.51. The number of hydrogen-bond acceptors (Lipinski definition) is 2. The molecule has 3 heteroatoms. The Morgan fingerprint density at radius 2 is 1.83 bits per heavy atom. The molecule has 18 heavy (non-hydrogen) atoms. The van der Waals surface area contributed by atoms with Crippen molar-refractivity contribution in [3.63, 3.8) is 0 Å². The van der Waals surface area contributed by atoms with Crippen LogP contribution in [0.4, 0.5) is 10.1 Å². The molecule has 2 aromatic carbocycles. The molecule has 0 aliphatic carbocycles. The van der Waals surface area contributed by atoms with Gasteiger partial charge in [-0.3, -0.25) is 0 Å². The topological polar surface area (TPSA) is 35.2 Å². The summed E-state index contributed by atoms with van der Waals surface area (Å²) >= 11 is 0. The monoisotopic (exact) mass is 245 g/mol. The normalized spacial score (nSPS) is 10.4. The van der Waals surface area contributed by atoms with Gasteiger partial charge in [0.25, 0.3) is 0 Å². The molecule has 2 rings (SSSR count). The van der Waals surface area contributed by atoms with E-state index in [0.29, 0.717) is 6.61 Å². The molecule has 0 aliphatic heterocycles. The van der Waals surface area contributed by atoms with Gasteiger partial charge in [0.2, 0.25) is 0 Å². The van der Waals surface area contributed by atoms with E-state index in [0.717, 1.165) is 28.1 Å². The molecule has 0 atom stereocenters.